The topological polar surface area (TPSA) is 57.9 Å². The number of aliphatic carboxylic acids is 1. The number of unbranched alkanes of at least 4 members (excludes halogenated alkanes) is 1. The van der Waals surface area contributed by atoms with E-state index in [4.69, 9.17) is 9.84 Å². The van der Waals surface area contributed by atoms with Crippen LogP contribution in [0.1, 0.15) is 43.5 Å². The predicted octanol–water partition coefficient (Wildman–Crippen LogP) is 3.27. The standard InChI is InChI=1S/C20H29N3O3/c1-4-5-12-26-14-18-20-15-8-6-7-9-16(15)23(11-10-19(24)25)17(20)13-21(2)22(18)3/h6-9,18H,4-5,10-14H2,1-3H3,(H,24,25). The van der Waals surface area contributed by atoms with E-state index in [0.29, 0.717) is 13.2 Å². The Morgan fingerprint density at radius 2 is 2.08 bits per heavy atom. The van der Waals surface area contributed by atoms with Crippen LogP contribution in [-0.2, 0) is 22.6 Å². The minimum atomic E-state index is -0.766. The maximum absolute atomic E-state index is 11.1. The van der Waals surface area contributed by atoms with E-state index in [0.717, 1.165) is 31.5 Å². The molecule has 3 rings (SSSR count). The van der Waals surface area contributed by atoms with Gasteiger partial charge in [-0.3, -0.25) is 4.79 Å². The normalized spacial score (nSPS) is 18.3. The third-order valence-corrected chi connectivity index (χ3v) is 5.29. The summed E-state index contributed by atoms with van der Waals surface area (Å²) < 4.78 is 8.16. The van der Waals surface area contributed by atoms with Crippen molar-refractivity contribution in [3.63, 3.8) is 0 Å². The molecule has 6 nitrogen and oxygen atoms in total. The van der Waals surface area contributed by atoms with Crippen molar-refractivity contribution in [2.45, 2.75) is 45.3 Å². The number of carboxylic acid groups (broad SMARTS) is 1. The maximum Gasteiger partial charge on any atom is 0.305 e. The number of rotatable bonds is 8. The highest BCUT2D eigenvalue weighted by Crippen LogP contribution is 2.38. The molecule has 0 radical (unpaired) electrons. The van der Waals surface area contributed by atoms with Gasteiger partial charge < -0.3 is 14.4 Å². The van der Waals surface area contributed by atoms with Crippen LogP contribution in [0, 0.1) is 0 Å². The molecule has 2 heterocycles. The van der Waals surface area contributed by atoms with Gasteiger partial charge in [-0.05, 0) is 12.5 Å². The second-order valence-electron chi connectivity index (χ2n) is 7.01. The van der Waals surface area contributed by atoms with Crippen molar-refractivity contribution in [1.29, 1.82) is 0 Å². The van der Waals surface area contributed by atoms with Gasteiger partial charge in [-0.2, -0.15) is 0 Å². The highest BCUT2D eigenvalue weighted by Gasteiger charge is 2.33. The summed E-state index contributed by atoms with van der Waals surface area (Å²) in [5, 5.41) is 14.8. The zero-order valence-corrected chi connectivity index (χ0v) is 15.9. The molecular formula is C20H29N3O3. The molecule has 6 heteroatoms. The van der Waals surface area contributed by atoms with Crippen LogP contribution in [-0.4, -0.2) is 53.0 Å². The molecule has 1 atom stereocenters. The molecule has 0 amide bonds. The maximum atomic E-state index is 11.1. The fourth-order valence-corrected chi connectivity index (χ4v) is 3.77. The van der Waals surface area contributed by atoms with E-state index in [1.165, 1.54) is 16.6 Å². The molecule has 2 aromatic rings. The summed E-state index contributed by atoms with van der Waals surface area (Å²) in [6, 6.07) is 8.44. The molecule has 0 spiro atoms. The zero-order chi connectivity index (χ0) is 18.7. The number of aromatic nitrogens is 1. The summed E-state index contributed by atoms with van der Waals surface area (Å²) >= 11 is 0. The van der Waals surface area contributed by atoms with E-state index in [1.54, 1.807) is 0 Å². The second-order valence-corrected chi connectivity index (χ2v) is 7.01. The third-order valence-electron chi connectivity index (χ3n) is 5.29. The third kappa shape index (κ3) is 3.63. The van der Waals surface area contributed by atoms with Crippen LogP contribution < -0.4 is 0 Å². The minimum absolute atomic E-state index is 0.127. The summed E-state index contributed by atoms with van der Waals surface area (Å²) in [7, 11) is 4.17. The fourth-order valence-electron chi connectivity index (χ4n) is 3.77. The van der Waals surface area contributed by atoms with E-state index in [2.05, 4.69) is 53.8 Å². The van der Waals surface area contributed by atoms with Gasteiger partial charge in [0.05, 0.1) is 25.6 Å². The first-order chi connectivity index (χ1) is 12.5. The number of carbonyl (C=O) groups is 1. The summed E-state index contributed by atoms with van der Waals surface area (Å²) in [5.74, 6) is -0.766. The molecule has 1 aliphatic heterocycles. The number of aryl methyl sites for hydroxylation is 1. The van der Waals surface area contributed by atoms with Gasteiger partial charge in [0.15, 0.2) is 0 Å². The molecule has 1 aromatic heterocycles. The molecule has 1 N–H and O–H groups in total. The smallest absolute Gasteiger partial charge is 0.305 e. The number of likely N-dealkylation sites (N-methyl/N-ethyl adjacent to an activating group) is 1. The number of ether oxygens (including phenoxy) is 1. The number of benzene rings is 1. The minimum Gasteiger partial charge on any atom is -0.481 e. The molecule has 1 aromatic carbocycles. The van der Waals surface area contributed by atoms with Gasteiger partial charge in [0, 0.05) is 49.4 Å². The van der Waals surface area contributed by atoms with Crippen LogP contribution in [0.3, 0.4) is 0 Å². The molecule has 1 unspecified atom stereocenters. The Morgan fingerprint density at radius 3 is 2.81 bits per heavy atom. The van der Waals surface area contributed by atoms with Crippen LogP contribution in [0.4, 0.5) is 0 Å². The van der Waals surface area contributed by atoms with E-state index in [1.807, 2.05) is 6.07 Å². The summed E-state index contributed by atoms with van der Waals surface area (Å²) in [5.41, 5.74) is 3.60. The number of hydrazine groups is 1. The van der Waals surface area contributed by atoms with E-state index in [-0.39, 0.29) is 12.5 Å². The fraction of sp³-hybridized carbons (Fsp3) is 0.550. The lowest BCUT2D eigenvalue weighted by molar-refractivity contribution is -0.137. The highest BCUT2D eigenvalue weighted by atomic mass is 16.5. The molecule has 0 saturated carbocycles. The lowest BCUT2D eigenvalue weighted by Crippen LogP contribution is -2.45. The summed E-state index contributed by atoms with van der Waals surface area (Å²) in [4.78, 5) is 11.1. The Bertz CT molecular complexity index is 771. The van der Waals surface area contributed by atoms with Crippen molar-refractivity contribution >= 4 is 16.9 Å². The number of carboxylic acids is 1. The number of para-hydroxylation sites is 1. The van der Waals surface area contributed by atoms with E-state index in [9.17, 15) is 4.79 Å². The number of nitrogens with zero attached hydrogens (tertiary/aromatic N) is 3. The number of fused-ring (bicyclic) bond motifs is 3. The van der Waals surface area contributed by atoms with Crippen LogP contribution in [0.2, 0.25) is 0 Å². The molecule has 0 saturated heterocycles. The molecule has 0 aliphatic carbocycles. The molecule has 0 fully saturated rings. The van der Waals surface area contributed by atoms with Crippen molar-refractivity contribution < 1.29 is 14.6 Å². The van der Waals surface area contributed by atoms with Gasteiger partial charge in [0.25, 0.3) is 0 Å². The van der Waals surface area contributed by atoms with Crippen molar-refractivity contribution in [3.8, 4) is 0 Å². The van der Waals surface area contributed by atoms with Crippen LogP contribution >= 0.6 is 0 Å². The summed E-state index contributed by atoms with van der Waals surface area (Å²) in [6.45, 7) is 4.84. The lowest BCUT2D eigenvalue weighted by atomic mass is 10.0. The van der Waals surface area contributed by atoms with Gasteiger partial charge in [-0.25, -0.2) is 10.0 Å². The van der Waals surface area contributed by atoms with Gasteiger partial charge in [-0.1, -0.05) is 31.5 Å². The van der Waals surface area contributed by atoms with Gasteiger partial charge >= 0.3 is 5.97 Å². The van der Waals surface area contributed by atoms with Gasteiger partial charge in [0.1, 0.15) is 0 Å². The summed E-state index contributed by atoms with van der Waals surface area (Å²) in [6.07, 6.45) is 2.32. The monoisotopic (exact) mass is 359 g/mol. The quantitative estimate of drug-likeness (QED) is 0.733. The first kappa shape index (κ1) is 18.9. The van der Waals surface area contributed by atoms with E-state index >= 15 is 0 Å². The highest BCUT2D eigenvalue weighted by molar-refractivity contribution is 5.86. The Kier molecular flexibility index (Phi) is 5.96. The lowest BCUT2D eigenvalue weighted by Gasteiger charge is -2.40. The first-order valence-corrected chi connectivity index (χ1v) is 9.38. The average Bonchev–Trinajstić information content (AvgIpc) is 2.93. The Hall–Kier alpha value is -1.89. The Labute approximate surface area is 154 Å². The number of hydrogen-bond acceptors (Lipinski definition) is 4. The van der Waals surface area contributed by atoms with Crippen molar-refractivity contribution in [2.75, 3.05) is 27.3 Å². The first-order valence-electron chi connectivity index (χ1n) is 9.38. The largest absolute Gasteiger partial charge is 0.481 e. The van der Waals surface area contributed by atoms with Crippen LogP contribution in [0.5, 0.6) is 0 Å². The van der Waals surface area contributed by atoms with Crippen molar-refractivity contribution in [2.24, 2.45) is 0 Å². The average molecular weight is 359 g/mol. The van der Waals surface area contributed by atoms with Gasteiger partial charge in [-0.15, -0.1) is 0 Å². The van der Waals surface area contributed by atoms with Crippen LogP contribution in [0.25, 0.3) is 10.9 Å². The van der Waals surface area contributed by atoms with Gasteiger partial charge in [0.2, 0.25) is 0 Å². The molecule has 26 heavy (non-hydrogen) atoms. The molecule has 0 bridgehead atoms. The van der Waals surface area contributed by atoms with Crippen LogP contribution in [0.15, 0.2) is 24.3 Å². The Morgan fingerprint density at radius 1 is 1.31 bits per heavy atom. The number of hydrogen-bond donors (Lipinski definition) is 1. The Balaban J connectivity index is 2.01. The zero-order valence-electron chi connectivity index (χ0n) is 15.9. The second kappa shape index (κ2) is 8.20. The molecular weight excluding hydrogens is 330 g/mol. The van der Waals surface area contributed by atoms with Crippen molar-refractivity contribution in [1.82, 2.24) is 14.6 Å². The molecule has 1 aliphatic rings. The van der Waals surface area contributed by atoms with E-state index < -0.39 is 5.97 Å². The SMILES string of the molecule is CCCCOCC1c2c(n(CCC(=O)O)c3ccccc23)CN(C)N1C. The van der Waals surface area contributed by atoms with Crippen molar-refractivity contribution in [3.05, 3.63) is 35.5 Å². The predicted molar refractivity (Wildman–Crippen MR) is 102 cm³/mol. The molecule has 142 valence electrons.